The van der Waals surface area contributed by atoms with Gasteiger partial charge in [0.1, 0.15) is 0 Å². The van der Waals surface area contributed by atoms with Crippen LogP contribution in [-0.4, -0.2) is 69.4 Å². The van der Waals surface area contributed by atoms with E-state index in [0.29, 0.717) is 12.1 Å². The second kappa shape index (κ2) is 13.2. The van der Waals surface area contributed by atoms with Crippen LogP contribution >= 0.6 is 24.0 Å². The second-order valence-corrected chi connectivity index (χ2v) is 8.15. The number of rotatable bonds is 8. The Morgan fingerprint density at radius 1 is 1.13 bits per heavy atom. The Labute approximate surface area is 199 Å². The fourth-order valence-corrected chi connectivity index (χ4v) is 3.81. The number of halogens is 1. The summed E-state index contributed by atoms with van der Waals surface area (Å²) in [5.41, 5.74) is 2.55. The highest BCUT2D eigenvalue weighted by atomic mass is 127. The standard InChI is InChI=1S/C23H37N5O.HI/c1-19(2)29-17-16-27-14-10-21(11-15-27)26-23(24-3)25-18-20-6-8-22(9-7-20)28-12-4-5-13-28;/h4-9,19,21H,10-18H2,1-3H3,(H2,24,25,26);1H. The fraction of sp³-hybridized carbons (Fsp3) is 0.609. The van der Waals surface area contributed by atoms with Gasteiger partial charge in [0.15, 0.2) is 5.96 Å². The van der Waals surface area contributed by atoms with E-state index in [1.807, 2.05) is 7.05 Å². The smallest absolute Gasteiger partial charge is 0.191 e. The minimum absolute atomic E-state index is 0. The predicted molar refractivity (Wildman–Crippen MR) is 137 cm³/mol. The van der Waals surface area contributed by atoms with E-state index in [1.165, 1.54) is 11.3 Å². The number of piperidine rings is 1. The van der Waals surface area contributed by atoms with Crippen LogP contribution in [-0.2, 0) is 11.3 Å². The van der Waals surface area contributed by atoms with Gasteiger partial charge in [0, 0.05) is 58.0 Å². The first-order chi connectivity index (χ1) is 14.1. The summed E-state index contributed by atoms with van der Waals surface area (Å²) in [4.78, 5) is 9.26. The third kappa shape index (κ3) is 8.07. The van der Waals surface area contributed by atoms with Gasteiger partial charge in [-0.15, -0.1) is 24.0 Å². The first-order valence-corrected chi connectivity index (χ1v) is 10.9. The summed E-state index contributed by atoms with van der Waals surface area (Å²) in [6, 6.07) is 9.29. The summed E-state index contributed by atoms with van der Waals surface area (Å²) in [6.07, 6.45) is 7.03. The zero-order valence-corrected chi connectivity index (χ0v) is 21.0. The summed E-state index contributed by atoms with van der Waals surface area (Å²) >= 11 is 0. The predicted octanol–water partition coefficient (Wildman–Crippen LogP) is 3.24. The molecule has 30 heavy (non-hydrogen) atoms. The van der Waals surface area contributed by atoms with E-state index >= 15 is 0 Å². The van der Waals surface area contributed by atoms with Crippen LogP contribution in [0.15, 0.2) is 41.4 Å². The molecule has 2 N–H and O–H groups in total. The number of benzene rings is 1. The van der Waals surface area contributed by atoms with Gasteiger partial charge in [-0.2, -0.15) is 0 Å². The minimum atomic E-state index is 0. The highest BCUT2D eigenvalue weighted by Crippen LogP contribution is 2.17. The van der Waals surface area contributed by atoms with Gasteiger partial charge in [-0.3, -0.25) is 4.99 Å². The highest BCUT2D eigenvalue weighted by molar-refractivity contribution is 14.0. The van der Waals surface area contributed by atoms with E-state index < -0.39 is 0 Å². The molecular weight excluding hydrogens is 489 g/mol. The molecule has 0 unspecified atom stereocenters. The monoisotopic (exact) mass is 527 g/mol. The number of likely N-dealkylation sites (tertiary alicyclic amines) is 1. The van der Waals surface area contributed by atoms with Crippen LogP contribution < -0.4 is 15.5 Å². The van der Waals surface area contributed by atoms with Crippen molar-refractivity contribution in [3.63, 3.8) is 0 Å². The van der Waals surface area contributed by atoms with Crippen LogP contribution in [0.25, 0.3) is 0 Å². The van der Waals surface area contributed by atoms with Gasteiger partial charge in [-0.25, -0.2) is 0 Å². The van der Waals surface area contributed by atoms with E-state index in [1.54, 1.807) is 0 Å². The second-order valence-electron chi connectivity index (χ2n) is 8.15. The average molecular weight is 527 g/mol. The van der Waals surface area contributed by atoms with Crippen LogP contribution in [0.3, 0.4) is 0 Å². The van der Waals surface area contributed by atoms with Crippen molar-refractivity contribution in [1.29, 1.82) is 0 Å². The molecule has 1 saturated heterocycles. The van der Waals surface area contributed by atoms with E-state index in [2.05, 4.69) is 75.7 Å². The Kier molecular flexibility index (Phi) is 11.0. The van der Waals surface area contributed by atoms with Crippen molar-refractivity contribution in [2.75, 3.05) is 51.3 Å². The maximum absolute atomic E-state index is 5.67. The summed E-state index contributed by atoms with van der Waals surface area (Å²) < 4.78 is 5.67. The summed E-state index contributed by atoms with van der Waals surface area (Å²) in [7, 11) is 1.84. The Morgan fingerprint density at radius 3 is 2.40 bits per heavy atom. The molecule has 2 aliphatic heterocycles. The topological polar surface area (TPSA) is 52.1 Å². The van der Waals surface area contributed by atoms with Crippen molar-refractivity contribution in [2.45, 2.75) is 45.4 Å². The van der Waals surface area contributed by atoms with Crippen LogP contribution in [0.4, 0.5) is 5.69 Å². The van der Waals surface area contributed by atoms with Crippen molar-refractivity contribution in [2.24, 2.45) is 4.99 Å². The number of nitrogens with zero attached hydrogens (tertiary/aromatic N) is 3. The van der Waals surface area contributed by atoms with Gasteiger partial charge in [-0.1, -0.05) is 24.3 Å². The van der Waals surface area contributed by atoms with Crippen molar-refractivity contribution in [3.05, 3.63) is 42.0 Å². The SMILES string of the molecule is CN=C(NCc1ccc(N2CC=CC2)cc1)NC1CCN(CCOC(C)C)CC1.I. The lowest BCUT2D eigenvalue weighted by Gasteiger charge is -2.33. The third-order valence-corrected chi connectivity index (χ3v) is 5.59. The van der Waals surface area contributed by atoms with Gasteiger partial charge < -0.3 is 25.2 Å². The van der Waals surface area contributed by atoms with Crippen molar-refractivity contribution in [1.82, 2.24) is 15.5 Å². The minimum Gasteiger partial charge on any atom is -0.377 e. The molecule has 1 fully saturated rings. The Bertz CT molecular complexity index is 661. The molecule has 0 aliphatic carbocycles. The van der Waals surface area contributed by atoms with Gasteiger partial charge in [-0.05, 0) is 44.4 Å². The summed E-state index contributed by atoms with van der Waals surface area (Å²) in [5, 5.41) is 7.05. The number of ether oxygens (including phenoxy) is 1. The fourth-order valence-electron chi connectivity index (χ4n) is 3.81. The molecule has 1 aromatic carbocycles. The molecule has 0 saturated carbocycles. The molecule has 2 heterocycles. The average Bonchev–Trinajstić information content (AvgIpc) is 3.27. The number of aliphatic imine (C=N–C) groups is 1. The first-order valence-electron chi connectivity index (χ1n) is 10.9. The number of nitrogens with one attached hydrogen (secondary N) is 2. The number of hydrogen-bond acceptors (Lipinski definition) is 4. The summed E-state index contributed by atoms with van der Waals surface area (Å²) in [5.74, 6) is 0.888. The maximum Gasteiger partial charge on any atom is 0.191 e. The molecule has 0 aromatic heterocycles. The third-order valence-electron chi connectivity index (χ3n) is 5.59. The number of hydrogen-bond donors (Lipinski definition) is 2. The zero-order chi connectivity index (χ0) is 20.5. The van der Waals surface area contributed by atoms with Gasteiger partial charge in [0.2, 0.25) is 0 Å². The molecule has 1 aromatic rings. The van der Waals surface area contributed by atoms with Crippen LogP contribution in [0.2, 0.25) is 0 Å². The Hall–Kier alpha value is -1.32. The van der Waals surface area contributed by atoms with E-state index in [9.17, 15) is 0 Å². The first kappa shape index (κ1) is 24.9. The molecule has 168 valence electrons. The van der Waals surface area contributed by atoms with Gasteiger partial charge in [0.05, 0.1) is 12.7 Å². The Morgan fingerprint density at radius 2 is 1.80 bits per heavy atom. The van der Waals surface area contributed by atoms with E-state index in [4.69, 9.17) is 4.74 Å². The molecular formula is C23H38IN5O. The van der Waals surface area contributed by atoms with Crippen molar-refractivity contribution >= 4 is 35.6 Å². The van der Waals surface area contributed by atoms with Crippen LogP contribution in [0.5, 0.6) is 0 Å². The lowest BCUT2D eigenvalue weighted by atomic mass is 10.1. The summed E-state index contributed by atoms with van der Waals surface area (Å²) in [6.45, 7) is 11.1. The van der Waals surface area contributed by atoms with Crippen LogP contribution in [0, 0.1) is 0 Å². The number of guanidine groups is 1. The maximum atomic E-state index is 5.67. The molecule has 0 amide bonds. The molecule has 0 atom stereocenters. The molecule has 6 nitrogen and oxygen atoms in total. The lowest BCUT2D eigenvalue weighted by Crippen LogP contribution is -2.49. The van der Waals surface area contributed by atoms with Crippen LogP contribution in [0.1, 0.15) is 32.3 Å². The Balaban J connectivity index is 0.00000320. The zero-order valence-electron chi connectivity index (χ0n) is 18.6. The molecule has 0 radical (unpaired) electrons. The molecule has 2 aliphatic rings. The molecule has 0 bridgehead atoms. The number of anilines is 1. The largest absolute Gasteiger partial charge is 0.377 e. The van der Waals surface area contributed by atoms with E-state index in [-0.39, 0.29) is 24.0 Å². The molecule has 3 rings (SSSR count). The van der Waals surface area contributed by atoms with Gasteiger partial charge in [0.25, 0.3) is 0 Å². The van der Waals surface area contributed by atoms with Crippen molar-refractivity contribution in [3.8, 4) is 0 Å². The van der Waals surface area contributed by atoms with Crippen molar-refractivity contribution < 1.29 is 4.74 Å². The quantitative estimate of drug-likeness (QED) is 0.236. The lowest BCUT2D eigenvalue weighted by molar-refractivity contribution is 0.0532. The molecule has 0 spiro atoms. The highest BCUT2D eigenvalue weighted by Gasteiger charge is 2.19. The van der Waals surface area contributed by atoms with Gasteiger partial charge >= 0.3 is 0 Å². The van der Waals surface area contributed by atoms with E-state index in [0.717, 1.165) is 64.7 Å². The molecule has 7 heteroatoms. The normalized spacial score (nSPS) is 18.0.